The Morgan fingerprint density at radius 3 is 2.57 bits per heavy atom. The number of piperazine rings is 1. The van der Waals surface area contributed by atoms with Crippen LogP contribution in [0.15, 0.2) is 47.8 Å². The minimum atomic E-state index is -0.0663. The zero-order valence-electron chi connectivity index (χ0n) is 16.8. The highest BCUT2D eigenvalue weighted by Gasteiger charge is 2.23. The average Bonchev–Trinajstić information content (AvgIpc) is 3.43. The minimum absolute atomic E-state index is 0.0663. The summed E-state index contributed by atoms with van der Waals surface area (Å²) in [7, 11) is 0. The second-order valence-electron chi connectivity index (χ2n) is 7.25. The molecule has 6 nitrogen and oxygen atoms in total. The van der Waals surface area contributed by atoms with Crippen LogP contribution >= 0.6 is 22.7 Å². The number of rotatable bonds is 6. The summed E-state index contributed by atoms with van der Waals surface area (Å²) in [5.41, 5.74) is 2.23. The van der Waals surface area contributed by atoms with Gasteiger partial charge in [0.25, 0.3) is 5.91 Å². The number of carbonyl (C=O) groups is 2. The lowest BCUT2D eigenvalue weighted by Crippen LogP contribution is -2.48. The third kappa shape index (κ3) is 5.13. The van der Waals surface area contributed by atoms with Gasteiger partial charge in [0.05, 0.1) is 17.1 Å². The van der Waals surface area contributed by atoms with Crippen molar-refractivity contribution in [2.24, 2.45) is 0 Å². The smallest absolute Gasteiger partial charge is 0.264 e. The van der Waals surface area contributed by atoms with Crippen molar-refractivity contribution in [2.75, 3.05) is 26.2 Å². The maximum atomic E-state index is 12.8. The molecule has 0 atom stereocenters. The number of amides is 2. The summed E-state index contributed by atoms with van der Waals surface area (Å²) < 4.78 is 0. The molecule has 1 aromatic carbocycles. The first-order valence-corrected chi connectivity index (χ1v) is 11.6. The van der Waals surface area contributed by atoms with Gasteiger partial charge in [0.15, 0.2) is 0 Å². The number of aromatic nitrogens is 1. The number of nitrogens with zero attached hydrogens (tertiary/aromatic N) is 3. The number of carbonyl (C=O) groups excluding carboxylic acids is 2. The Balaban J connectivity index is 1.28. The monoisotopic (exact) mass is 440 g/mol. The van der Waals surface area contributed by atoms with Gasteiger partial charge in [-0.15, -0.1) is 22.7 Å². The van der Waals surface area contributed by atoms with Gasteiger partial charge < -0.3 is 10.2 Å². The first-order chi connectivity index (χ1) is 14.6. The van der Waals surface area contributed by atoms with Gasteiger partial charge >= 0.3 is 0 Å². The number of benzene rings is 1. The fourth-order valence-electron chi connectivity index (χ4n) is 3.39. The molecule has 3 heterocycles. The SMILES string of the molecule is CC(=O)NCc1ccc(C(=O)N2CCN(Cc3csc(-c4ccccc4)n3)CC2)s1. The molecule has 0 saturated carbocycles. The molecule has 1 aliphatic rings. The van der Waals surface area contributed by atoms with Crippen LogP contribution < -0.4 is 5.32 Å². The zero-order chi connectivity index (χ0) is 20.9. The van der Waals surface area contributed by atoms with Crippen LogP contribution in [0.1, 0.15) is 27.2 Å². The molecule has 2 amide bonds. The molecule has 4 rings (SSSR count). The molecular formula is C22H24N4O2S2. The van der Waals surface area contributed by atoms with Crippen LogP contribution in [0.2, 0.25) is 0 Å². The standard InChI is InChI=1S/C22H24N4O2S2/c1-16(27)23-13-19-7-8-20(30-19)22(28)26-11-9-25(10-12-26)14-18-15-29-21(24-18)17-5-3-2-4-6-17/h2-8,15H,9-14H2,1H3,(H,23,27). The van der Waals surface area contributed by atoms with Crippen LogP contribution in [-0.4, -0.2) is 52.8 Å². The van der Waals surface area contributed by atoms with E-state index in [1.54, 1.807) is 11.3 Å². The van der Waals surface area contributed by atoms with Gasteiger partial charge in [-0.2, -0.15) is 0 Å². The molecule has 3 aromatic rings. The van der Waals surface area contributed by atoms with Crippen LogP contribution in [0.25, 0.3) is 10.6 Å². The minimum Gasteiger partial charge on any atom is -0.351 e. The first kappa shape index (κ1) is 20.7. The quantitative estimate of drug-likeness (QED) is 0.638. The van der Waals surface area contributed by atoms with Crippen molar-refractivity contribution in [1.29, 1.82) is 0 Å². The number of nitrogens with one attached hydrogen (secondary N) is 1. The molecule has 0 radical (unpaired) electrons. The van der Waals surface area contributed by atoms with E-state index in [2.05, 4.69) is 27.7 Å². The predicted octanol–water partition coefficient (Wildman–Crippen LogP) is 3.47. The summed E-state index contributed by atoms with van der Waals surface area (Å²) in [4.78, 5) is 34.6. The molecule has 1 fully saturated rings. The van der Waals surface area contributed by atoms with Crippen LogP contribution in [0.3, 0.4) is 0 Å². The zero-order valence-corrected chi connectivity index (χ0v) is 18.5. The van der Waals surface area contributed by atoms with E-state index in [0.717, 1.165) is 45.7 Å². The summed E-state index contributed by atoms with van der Waals surface area (Å²) in [6, 6.07) is 14.0. The first-order valence-electron chi connectivity index (χ1n) is 9.93. The van der Waals surface area contributed by atoms with Crippen molar-refractivity contribution >= 4 is 34.5 Å². The molecule has 1 aliphatic heterocycles. The molecule has 8 heteroatoms. The molecule has 0 spiro atoms. The number of thiazole rings is 1. The third-order valence-corrected chi connectivity index (χ3v) is 7.01. The Bertz CT molecular complexity index is 1010. The lowest BCUT2D eigenvalue weighted by molar-refractivity contribution is -0.119. The Morgan fingerprint density at radius 1 is 1.07 bits per heavy atom. The second kappa shape index (κ2) is 9.51. The van der Waals surface area contributed by atoms with Crippen molar-refractivity contribution in [3.05, 3.63) is 63.3 Å². The van der Waals surface area contributed by atoms with Gasteiger partial charge in [0.1, 0.15) is 5.01 Å². The summed E-state index contributed by atoms with van der Waals surface area (Å²) in [6.07, 6.45) is 0. The highest BCUT2D eigenvalue weighted by Crippen LogP contribution is 2.24. The Morgan fingerprint density at radius 2 is 1.83 bits per heavy atom. The summed E-state index contributed by atoms with van der Waals surface area (Å²) >= 11 is 3.13. The highest BCUT2D eigenvalue weighted by atomic mass is 32.1. The maximum absolute atomic E-state index is 12.8. The van der Waals surface area contributed by atoms with Gasteiger partial charge in [-0.1, -0.05) is 30.3 Å². The average molecular weight is 441 g/mol. The third-order valence-electron chi connectivity index (χ3n) is 5.00. The molecule has 0 unspecified atom stereocenters. The van der Waals surface area contributed by atoms with E-state index >= 15 is 0 Å². The van der Waals surface area contributed by atoms with Crippen molar-refractivity contribution in [3.8, 4) is 10.6 Å². The van der Waals surface area contributed by atoms with E-state index in [-0.39, 0.29) is 11.8 Å². The summed E-state index contributed by atoms with van der Waals surface area (Å²) in [5.74, 6) is 0.0112. The van der Waals surface area contributed by atoms with E-state index in [9.17, 15) is 9.59 Å². The lowest BCUT2D eigenvalue weighted by Gasteiger charge is -2.34. The van der Waals surface area contributed by atoms with Crippen LogP contribution in [0, 0.1) is 0 Å². The van der Waals surface area contributed by atoms with Crippen molar-refractivity contribution in [3.63, 3.8) is 0 Å². The number of thiophene rings is 1. The van der Waals surface area contributed by atoms with Crippen molar-refractivity contribution in [1.82, 2.24) is 20.1 Å². The fourth-order valence-corrected chi connectivity index (χ4v) is 5.12. The number of hydrogen-bond donors (Lipinski definition) is 1. The van der Waals surface area contributed by atoms with Gasteiger partial charge in [0.2, 0.25) is 5.91 Å². The van der Waals surface area contributed by atoms with E-state index in [1.807, 2.05) is 35.2 Å². The van der Waals surface area contributed by atoms with Crippen LogP contribution in [0.5, 0.6) is 0 Å². The van der Waals surface area contributed by atoms with Gasteiger partial charge in [-0.3, -0.25) is 14.5 Å². The second-order valence-corrected chi connectivity index (χ2v) is 9.28. The maximum Gasteiger partial charge on any atom is 0.264 e. The van der Waals surface area contributed by atoms with Crippen LogP contribution in [0.4, 0.5) is 0 Å². The topological polar surface area (TPSA) is 65.5 Å². The fraction of sp³-hybridized carbons (Fsp3) is 0.318. The Labute approximate surface area is 184 Å². The van der Waals surface area contributed by atoms with E-state index in [1.165, 1.54) is 18.3 Å². The largest absolute Gasteiger partial charge is 0.351 e. The Kier molecular flexibility index (Phi) is 6.56. The van der Waals surface area contributed by atoms with E-state index < -0.39 is 0 Å². The van der Waals surface area contributed by atoms with Gasteiger partial charge in [-0.25, -0.2) is 4.98 Å². The van der Waals surface area contributed by atoms with Crippen molar-refractivity contribution in [2.45, 2.75) is 20.0 Å². The summed E-state index contributed by atoms with van der Waals surface area (Å²) in [5, 5.41) is 5.94. The van der Waals surface area contributed by atoms with Gasteiger partial charge in [-0.05, 0) is 12.1 Å². The molecule has 1 N–H and O–H groups in total. The van der Waals surface area contributed by atoms with E-state index in [0.29, 0.717) is 19.6 Å². The lowest BCUT2D eigenvalue weighted by atomic mass is 10.2. The van der Waals surface area contributed by atoms with Crippen LogP contribution in [-0.2, 0) is 17.9 Å². The van der Waals surface area contributed by atoms with E-state index in [4.69, 9.17) is 4.98 Å². The molecule has 156 valence electrons. The molecule has 2 aromatic heterocycles. The molecule has 30 heavy (non-hydrogen) atoms. The summed E-state index contributed by atoms with van der Waals surface area (Å²) in [6.45, 7) is 5.89. The van der Waals surface area contributed by atoms with Crippen molar-refractivity contribution < 1.29 is 9.59 Å². The van der Waals surface area contributed by atoms with Gasteiger partial charge in [0, 0.05) is 55.5 Å². The normalized spacial score (nSPS) is 14.6. The predicted molar refractivity (Wildman–Crippen MR) is 121 cm³/mol. The highest BCUT2D eigenvalue weighted by molar-refractivity contribution is 7.14. The molecule has 0 bridgehead atoms. The Hall–Kier alpha value is -2.55. The molecular weight excluding hydrogens is 416 g/mol. The number of hydrogen-bond acceptors (Lipinski definition) is 6. The molecule has 0 aliphatic carbocycles. The molecule has 1 saturated heterocycles.